The van der Waals surface area contributed by atoms with Gasteiger partial charge in [0, 0.05) is 10.9 Å². The fourth-order valence-electron chi connectivity index (χ4n) is 2.08. The monoisotopic (exact) mass is 252 g/mol. The first kappa shape index (κ1) is 10.2. The molecule has 16 heavy (non-hydrogen) atoms. The number of hydrogen-bond acceptors (Lipinski definition) is 1. The molecule has 0 saturated carbocycles. The van der Waals surface area contributed by atoms with Gasteiger partial charge in [0.05, 0.1) is 10.8 Å². The van der Waals surface area contributed by atoms with Gasteiger partial charge < -0.3 is 4.74 Å². The van der Waals surface area contributed by atoms with E-state index in [1.165, 1.54) is 0 Å². The molecule has 2 aromatic carbocycles. The second-order valence-corrected chi connectivity index (χ2v) is 4.96. The summed E-state index contributed by atoms with van der Waals surface area (Å²) in [5.74, 6) is 0.884. The van der Waals surface area contributed by atoms with E-state index in [9.17, 15) is 0 Å². The predicted octanol–water partition coefficient (Wildman–Crippen LogP) is 4.12. The summed E-state index contributed by atoms with van der Waals surface area (Å²) in [5, 5.41) is 1.94. The summed E-state index contributed by atoms with van der Waals surface area (Å²) in [4.78, 5) is 0. The molecule has 1 nitrogen and oxygen atoms in total. The summed E-state index contributed by atoms with van der Waals surface area (Å²) in [5.41, 5.74) is 0.992. The molecule has 2 unspecified atom stereocenters. The second kappa shape index (κ2) is 3.83. The Bertz CT molecular complexity index is 538. The largest absolute Gasteiger partial charge is 0.491 e. The first-order valence-electron chi connectivity index (χ1n) is 5.20. The van der Waals surface area contributed by atoms with Crippen molar-refractivity contribution in [3.63, 3.8) is 0 Å². The quantitative estimate of drug-likeness (QED) is 0.642. The van der Waals surface area contributed by atoms with E-state index in [0.717, 1.165) is 22.1 Å². The van der Waals surface area contributed by atoms with E-state index in [1.807, 2.05) is 24.3 Å². The molecular weight excluding hydrogens is 243 g/mol. The number of rotatable bonds is 0. The average molecular weight is 253 g/mol. The minimum absolute atomic E-state index is 0.157. The number of hydrogen-bond donors (Lipinski definition) is 0. The van der Waals surface area contributed by atoms with Gasteiger partial charge in [0.25, 0.3) is 0 Å². The lowest BCUT2D eigenvalue weighted by Gasteiger charge is -2.26. The Hall–Kier alpha value is -0.920. The molecule has 82 valence electrons. The Morgan fingerprint density at radius 2 is 1.88 bits per heavy atom. The molecule has 0 spiro atoms. The van der Waals surface area contributed by atoms with Crippen LogP contribution in [0.5, 0.6) is 5.75 Å². The third-order valence-corrected chi connectivity index (χ3v) is 3.96. The van der Waals surface area contributed by atoms with Gasteiger partial charge >= 0.3 is 0 Å². The van der Waals surface area contributed by atoms with Crippen LogP contribution >= 0.6 is 23.2 Å². The first-order chi connectivity index (χ1) is 7.77. The molecule has 0 N–H and O–H groups in total. The lowest BCUT2D eigenvalue weighted by atomic mass is 10.00. The molecule has 3 heteroatoms. The number of alkyl halides is 2. The molecule has 2 aromatic rings. The van der Waals surface area contributed by atoms with Gasteiger partial charge in [-0.3, -0.25) is 0 Å². The Morgan fingerprint density at radius 1 is 1.06 bits per heavy atom. The molecule has 3 rings (SSSR count). The molecule has 0 aromatic heterocycles. The van der Waals surface area contributed by atoms with Gasteiger partial charge in [-0.2, -0.15) is 0 Å². The van der Waals surface area contributed by atoms with Crippen molar-refractivity contribution in [3.05, 3.63) is 42.0 Å². The molecule has 0 amide bonds. The third kappa shape index (κ3) is 1.47. The SMILES string of the molecule is ClC1COc2c(ccc3ccccc23)C1Cl. The highest BCUT2D eigenvalue weighted by atomic mass is 35.5. The van der Waals surface area contributed by atoms with E-state index in [0.29, 0.717) is 6.61 Å². The lowest BCUT2D eigenvalue weighted by molar-refractivity contribution is 0.293. The molecule has 1 heterocycles. The van der Waals surface area contributed by atoms with Gasteiger partial charge in [0.15, 0.2) is 0 Å². The molecule has 0 bridgehead atoms. The fraction of sp³-hybridized carbons (Fsp3) is 0.231. The minimum Gasteiger partial charge on any atom is -0.491 e. The lowest BCUT2D eigenvalue weighted by Crippen LogP contribution is -2.23. The molecule has 0 saturated heterocycles. The predicted molar refractivity (Wildman–Crippen MR) is 67.7 cm³/mol. The summed E-state index contributed by atoms with van der Waals surface area (Å²) in [6.45, 7) is 0.469. The molecular formula is C13H10Cl2O. The fourth-order valence-corrected chi connectivity index (χ4v) is 2.52. The van der Waals surface area contributed by atoms with E-state index in [2.05, 4.69) is 12.1 Å². The van der Waals surface area contributed by atoms with Crippen LogP contribution in [0.4, 0.5) is 0 Å². The highest BCUT2D eigenvalue weighted by molar-refractivity contribution is 6.30. The zero-order valence-corrected chi connectivity index (χ0v) is 10.0. The minimum atomic E-state index is -0.171. The average Bonchev–Trinajstić information content (AvgIpc) is 2.33. The number of fused-ring (bicyclic) bond motifs is 3. The van der Waals surface area contributed by atoms with E-state index in [4.69, 9.17) is 27.9 Å². The zero-order chi connectivity index (χ0) is 11.1. The smallest absolute Gasteiger partial charge is 0.131 e. The Morgan fingerprint density at radius 3 is 2.75 bits per heavy atom. The summed E-state index contributed by atoms with van der Waals surface area (Å²) >= 11 is 12.4. The van der Waals surface area contributed by atoms with Gasteiger partial charge in [0.2, 0.25) is 0 Å². The van der Waals surface area contributed by atoms with Crippen molar-refractivity contribution >= 4 is 34.0 Å². The van der Waals surface area contributed by atoms with Crippen LogP contribution in [0.1, 0.15) is 10.9 Å². The van der Waals surface area contributed by atoms with Crippen LogP contribution in [-0.4, -0.2) is 12.0 Å². The first-order valence-corrected chi connectivity index (χ1v) is 6.07. The molecule has 0 aliphatic carbocycles. The highest BCUT2D eigenvalue weighted by Crippen LogP contribution is 2.42. The second-order valence-electron chi connectivity index (χ2n) is 3.93. The standard InChI is InChI=1S/C13H10Cl2O/c14-11-7-16-13-9-4-2-1-3-8(9)5-6-10(13)12(11)15/h1-6,11-12H,7H2. The van der Waals surface area contributed by atoms with Crippen molar-refractivity contribution in [2.75, 3.05) is 6.61 Å². The summed E-state index contributed by atoms with van der Waals surface area (Å²) in [7, 11) is 0. The maximum atomic E-state index is 6.29. The normalized spacial score (nSPS) is 23.9. The molecule has 1 aliphatic rings. The number of halogens is 2. The van der Waals surface area contributed by atoms with Crippen LogP contribution in [-0.2, 0) is 0 Å². The summed E-state index contributed by atoms with van der Waals surface area (Å²) < 4.78 is 5.70. The van der Waals surface area contributed by atoms with Crippen LogP contribution in [0.15, 0.2) is 36.4 Å². The van der Waals surface area contributed by atoms with Crippen LogP contribution in [0, 0.1) is 0 Å². The Labute approximate surface area is 104 Å². The van der Waals surface area contributed by atoms with Crippen LogP contribution < -0.4 is 4.74 Å². The molecule has 0 radical (unpaired) electrons. The number of benzene rings is 2. The van der Waals surface area contributed by atoms with E-state index in [1.54, 1.807) is 0 Å². The summed E-state index contributed by atoms with van der Waals surface area (Å²) in [6.07, 6.45) is 0. The molecule has 1 aliphatic heterocycles. The topological polar surface area (TPSA) is 9.23 Å². The highest BCUT2D eigenvalue weighted by Gasteiger charge is 2.28. The van der Waals surface area contributed by atoms with Crippen molar-refractivity contribution in [2.24, 2.45) is 0 Å². The van der Waals surface area contributed by atoms with Crippen molar-refractivity contribution in [1.29, 1.82) is 0 Å². The van der Waals surface area contributed by atoms with Crippen molar-refractivity contribution in [3.8, 4) is 5.75 Å². The van der Waals surface area contributed by atoms with Crippen LogP contribution in [0.2, 0.25) is 0 Å². The van der Waals surface area contributed by atoms with Crippen LogP contribution in [0.25, 0.3) is 10.8 Å². The van der Waals surface area contributed by atoms with Gasteiger partial charge in [-0.15, -0.1) is 23.2 Å². The van der Waals surface area contributed by atoms with Crippen molar-refractivity contribution in [1.82, 2.24) is 0 Å². The van der Waals surface area contributed by atoms with Gasteiger partial charge in [-0.25, -0.2) is 0 Å². The van der Waals surface area contributed by atoms with E-state index in [-0.39, 0.29) is 10.8 Å². The van der Waals surface area contributed by atoms with E-state index < -0.39 is 0 Å². The van der Waals surface area contributed by atoms with Gasteiger partial charge in [0.1, 0.15) is 12.4 Å². The van der Waals surface area contributed by atoms with Crippen LogP contribution in [0.3, 0.4) is 0 Å². The Kier molecular flexibility index (Phi) is 2.45. The van der Waals surface area contributed by atoms with Crippen molar-refractivity contribution in [2.45, 2.75) is 10.8 Å². The van der Waals surface area contributed by atoms with Gasteiger partial charge in [-0.1, -0.05) is 36.4 Å². The Balaban J connectivity index is 2.27. The summed E-state index contributed by atoms with van der Waals surface area (Å²) in [6, 6.07) is 12.2. The van der Waals surface area contributed by atoms with Gasteiger partial charge in [-0.05, 0) is 5.39 Å². The third-order valence-electron chi connectivity index (χ3n) is 2.91. The molecule has 0 fully saturated rings. The van der Waals surface area contributed by atoms with E-state index >= 15 is 0 Å². The van der Waals surface area contributed by atoms with Crippen molar-refractivity contribution < 1.29 is 4.74 Å². The maximum absolute atomic E-state index is 6.29. The molecule has 2 atom stereocenters. The zero-order valence-electron chi connectivity index (χ0n) is 8.49. The maximum Gasteiger partial charge on any atom is 0.131 e. The number of ether oxygens (including phenoxy) is 1.